The molecule has 1 aromatic heterocycles. The zero-order chi connectivity index (χ0) is 17.4. The maximum atomic E-state index is 5.19. The third-order valence-electron chi connectivity index (χ3n) is 3.84. The molecule has 0 aliphatic carbocycles. The highest BCUT2D eigenvalue weighted by Gasteiger charge is 2.06. The number of aliphatic imine (C=N–C) groups is 1. The second kappa shape index (κ2) is 8.96. The quantitative estimate of drug-likeness (QED) is 0.480. The van der Waals surface area contributed by atoms with Crippen molar-refractivity contribution in [2.75, 3.05) is 27.7 Å². The van der Waals surface area contributed by atoms with Crippen LogP contribution in [0.5, 0.6) is 5.75 Å². The van der Waals surface area contributed by atoms with Gasteiger partial charge in [-0.25, -0.2) is 0 Å². The number of nitrogens with one attached hydrogen (secondary N) is 1. The number of hydrogen-bond donors (Lipinski definition) is 1. The Kier molecular flexibility index (Phi) is 6.66. The van der Waals surface area contributed by atoms with E-state index in [9.17, 15) is 0 Å². The standard InChI is InChI=1S/C18H27N5O/c1-19-18(20-11-5-6-16-12-21-23(3)14-16)22(2)13-15-7-9-17(24-4)10-8-15/h7-10,12,14H,5-6,11,13H2,1-4H3,(H,19,20). The number of guanidine groups is 1. The van der Waals surface area contributed by atoms with Gasteiger partial charge in [-0.1, -0.05) is 12.1 Å². The van der Waals surface area contributed by atoms with E-state index in [0.717, 1.165) is 37.6 Å². The molecular formula is C18H27N5O. The Bertz CT molecular complexity index is 648. The fourth-order valence-corrected chi connectivity index (χ4v) is 2.56. The summed E-state index contributed by atoms with van der Waals surface area (Å²) in [5.74, 6) is 1.77. The van der Waals surface area contributed by atoms with E-state index in [0.29, 0.717) is 0 Å². The van der Waals surface area contributed by atoms with Crippen LogP contribution >= 0.6 is 0 Å². The summed E-state index contributed by atoms with van der Waals surface area (Å²) >= 11 is 0. The van der Waals surface area contributed by atoms with Gasteiger partial charge in [-0.3, -0.25) is 9.67 Å². The second-order valence-electron chi connectivity index (χ2n) is 5.80. The molecule has 0 aliphatic heterocycles. The van der Waals surface area contributed by atoms with Crippen molar-refractivity contribution in [3.05, 3.63) is 47.8 Å². The van der Waals surface area contributed by atoms with Gasteiger partial charge in [0.2, 0.25) is 0 Å². The molecule has 0 aliphatic rings. The van der Waals surface area contributed by atoms with E-state index in [1.165, 1.54) is 11.1 Å². The largest absolute Gasteiger partial charge is 0.497 e. The molecule has 0 bridgehead atoms. The van der Waals surface area contributed by atoms with E-state index in [4.69, 9.17) is 4.74 Å². The second-order valence-corrected chi connectivity index (χ2v) is 5.80. The van der Waals surface area contributed by atoms with Crippen LogP contribution in [0, 0.1) is 0 Å². The third-order valence-corrected chi connectivity index (χ3v) is 3.84. The Balaban J connectivity index is 1.77. The van der Waals surface area contributed by atoms with Gasteiger partial charge < -0.3 is 15.0 Å². The first kappa shape index (κ1) is 17.8. The summed E-state index contributed by atoms with van der Waals surface area (Å²) in [6.45, 7) is 1.68. The van der Waals surface area contributed by atoms with E-state index in [-0.39, 0.29) is 0 Å². The summed E-state index contributed by atoms with van der Waals surface area (Å²) in [7, 11) is 7.48. The van der Waals surface area contributed by atoms with Gasteiger partial charge in [-0.15, -0.1) is 0 Å². The van der Waals surface area contributed by atoms with Crippen LogP contribution in [-0.4, -0.2) is 48.4 Å². The van der Waals surface area contributed by atoms with Gasteiger partial charge >= 0.3 is 0 Å². The Morgan fingerprint density at radius 3 is 2.62 bits per heavy atom. The number of aryl methyl sites for hydroxylation is 2. The van der Waals surface area contributed by atoms with E-state index in [2.05, 4.69) is 38.6 Å². The summed E-state index contributed by atoms with van der Waals surface area (Å²) in [6.07, 6.45) is 6.04. The smallest absolute Gasteiger partial charge is 0.193 e. The maximum Gasteiger partial charge on any atom is 0.193 e. The van der Waals surface area contributed by atoms with Gasteiger partial charge in [0.1, 0.15) is 5.75 Å². The molecule has 6 heteroatoms. The molecule has 0 atom stereocenters. The fourth-order valence-electron chi connectivity index (χ4n) is 2.56. The van der Waals surface area contributed by atoms with Gasteiger partial charge in [-0.2, -0.15) is 5.10 Å². The highest BCUT2D eigenvalue weighted by Crippen LogP contribution is 2.12. The summed E-state index contributed by atoms with van der Waals surface area (Å²) in [4.78, 5) is 6.47. The van der Waals surface area contributed by atoms with Crippen molar-refractivity contribution < 1.29 is 4.74 Å². The summed E-state index contributed by atoms with van der Waals surface area (Å²) in [6, 6.07) is 8.11. The van der Waals surface area contributed by atoms with Crippen molar-refractivity contribution in [1.82, 2.24) is 20.0 Å². The summed E-state index contributed by atoms with van der Waals surface area (Å²) in [5.41, 5.74) is 2.48. The molecule has 1 N–H and O–H groups in total. The van der Waals surface area contributed by atoms with Crippen molar-refractivity contribution >= 4 is 5.96 Å². The van der Waals surface area contributed by atoms with Crippen LogP contribution in [0.3, 0.4) is 0 Å². The van der Waals surface area contributed by atoms with Gasteiger partial charge in [0.25, 0.3) is 0 Å². The highest BCUT2D eigenvalue weighted by atomic mass is 16.5. The lowest BCUT2D eigenvalue weighted by Gasteiger charge is -2.22. The highest BCUT2D eigenvalue weighted by molar-refractivity contribution is 5.79. The molecule has 2 rings (SSSR count). The molecule has 0 unspecified atom stereocenters. The lowest BCUT2D eigenvalue weighted by molar-refractivity contribution is 0.414. The summed E-state index contributed by atoms with van der Waals surface area (Å²) in [5, 5.41) is 7.60. The number of hydrogen-bond acceptors (Lipinski definition) is 3. The lowest BCUT2D eigenvalue weighted by Crippen LogP contribution is -2.38. The Morgan fingerprint density at radius 2 is 2.04 bits per heavy atom. The van der Waals surface area contributed by atoms with Gasteiger partial charge in [-0.05, 0) is 36.1 Å². The van der Waals surface area contributed by atoms with Crippen LogP contribution in [0.4, 0.5) is 0 Å². The van der Waals surface area contributed by atoms with Crippen molar-refractivity contribution in [1.29, 1.82) is 0 Å². The molecule has 2 aromatic rings. The average molecular weight is 329 g/mol. The zero-order valence-corrected chi connectivity index (χ0v) is 15.0. The monoisotopic (exact) mass is 329 g/mol. The Morgan fingerprint density at radius 1 is 1.29 bits per heavy atom. The molecule has 1 heterocycles. The van der Waals surface area contributed by atoms with Crippen LogP contribution in [0.1, 0.15) is 17.5 Å². The molecular weight excluding hydrogens is 302 g/mol. The molecule has 1 aromatic carbocycles. The molecule has 6 nitrogen and oxygen atoms in total. The molecule has 0 saturated heterocycles. The minimum absolute atomic E-state index is 0.798. The first-order valence-corrected chi connectivity index (χ1v) is 8.14. The van der Waals surface area contributed by atoms with E-state index >= 15 is 0 Å². The minimum Gasteiger partial charge on any atom is -0.497 e. The Hall–Kier alpha value is -2.50. The first-order chi connectivity index (χ1) is 11.6. The fraction of sp³-hybridized carbons (Fsp3) is 0.444. The molecule has 0 radical (unpaired) electrons. The van der Waals surface area contributed by atoms with Gasteiger partial charge in [0.05, 0.1) is 13.3 Å². The number of nitrogens with zero attached hydrogens (tertiary/aromatic N) is 4. The first-order valence-electron chi connectivity index (χ1n) is 8.14. The van der Waals surface area contributed by atoms with Crippen molar-refractivity contribution in [3.8, 4) is 5.75 Å². The summed E-state index contributed by atoms with van der Waals surface area (Å²) < 4.78 is 7.03. The van der Waals surface area contributed by atoms with Crippen LogP contribution in [0.25, 0.3) is 0 Å². The topological polar surface area (TPSA) is 54.7 Å². The molecule has 0 spiro atoms. The Labute approximate surface area is 144 Å². The number of aromatic nitrogens is 2. The van der Waals surface area contributed by atoms with Crippen molar-refractivity contribution in [2.45, 2.75) is 19.4 Å². The number of rotatable bonds is 7. The number of methoxy groups -OCH3 is 1. The molecule has 24 heavy (non-hydrogen) atoms. The van der Waals surface area contributed by atoms with Gasteiger partial charge in [0.15, 0.2) is 5.96 Å². The van der Waals surface area contributed by atoms with E-state index < -0.39 is 0 Å². The maximum absolute atomic E-state index is 5.19. The zero-order valence-electron chi connectivity index (χ0n) is 15.0. The SMILES string of the molecule is CN=C(NCCCc1cnn(C)c1)N(C)Cc1ccc(OC)cc1. The predicted molar refractivity (Wildman–Crippen MR) is 97.4 cm³/mol. The van der Waals surface area contributed by atoms with Crippen LogP contribution in [-0.2, 0) is 20.0 Å². The van der Waals surface area contributed by atoms with Crippen LogP contribution in [0.2, 0.25) is 0 Å². The molecule has 0 amide bonds. The van der Waals surface area contributed by atoms with E-state index in [1.54, 1.807) is 7.11 Å². The van der Waals surface area contributed by atoms with Crippen molar-refractivity contribution in [2.24, 2.45) is 12.0 Å². The number of ether oxygens (including phenoxy) is 1. The van der Waals surface area contributed by atoms with Crippen LogP contribution in [0.15, 0.2) is 41.7 Å². The van der Waals surface area contributed by atoms with E-state index in [1.807, 2.05) is 44.2 Å². The minimum atomic E-state index is 0.798. The van der Waals surface area contributed by atoms with Crippen molar-refractivity contribution in [3.63, 3.8) is 0 Å². The predicted octanol–water partition coefficient (Wildman–Crippen LogP) is 2.07. The molecule has 130 valence electrons. The van der Waals surface area contributed by atoms with Gasteiger partial charge in [0, 0.05) is 40.4 Å². The average Bonchev–Trinajstić information content (AvgIpc) is 3.01. The lowest BCUT2D eigenvalue weighted by atomic mass is 10.2. The molecule has 0 fully saturated rings. The number of benzene rings is 1. The molecule has 0 saturated carbocycles. The normalized spacial score (nSPS) is 11.4. The third kappa shape index (κ3) is 5.30. The van der Waals surface area contributed by atoms with Crippen LogP contribution < -0.4 is 10.1 Å².